The SMILES string of the molecule is CC(=O)N[C@H]1[C@H](OCCc2cn(CCOCCOCCOCCN(CCOCCOCCOCCC(=O)Oc3c(F)c(F)c(F)c(F)c3F)CCOCCOCCOCCn3cc(CCO[C@@H]4O[C@H](CO)[C@H](O)[C@H](O)[C@H]4NC(C)=O)nn3)nn2)O[C@H](CO)[C@H](O)[C@@H]1O. The minimum absolute atomic E-state index is 0.0148. The monoisotopic (exact) mass is 1340 g/mol. The molecular formula is C55H86F5N9O23. The molecule has 2 aromatic heterocycles. The predicted octanol–water partition coefficient (Wildman–Crippen LogP) is -3.28. The van der Waals surface area contributed by atoms with Crippen molar-refractivity contribution in [3.63, 3.8) is 0 Å². The molecule has 2 amide bonds. The maximum Gasteiger partial charge on any atom is 0.313 e. The Hall–Kier alpha value is -5.24. The molecule has 10 atom stereocenters. The molecule has 0 bridgehead atoms. The zero-order valence-corrected chi connectivity index (χ0v) is 51.3. The lowest BCUT2D eigenvalue weighted by atomic mass is 9.97. The molecule has 2 fully saturated rings. The van der Waals surface area contributed by atoms with E-state index in [1.54, 1.807) is 21.8 Å². The zero-order chi connectivity index (χ0) is 66.6. The Morgan fingerprint density at radius 3 is 1.18 bits per heavy atom. The van der Waals surface area contributed by atoms with Crippen LogP contribution >= 0.6 is 0 Å². The summed E-state index contributed by atoms with van der Waals surface area (Å²) in [6.07, 6.45) is -6.58. The average Bonchev–Trinajstić information content (AvgIpc) is 1.07. The van der Waals surface area contributed by atoms with Crippen molar-refractivity contribution in [1.29, 1.82) is 0 Å². The van der Waals surface area contributed by atoms with Crippen LogP contribution in [-0.4, -0.2) is 310 Å². The molecule has 32 nitrogen and oxygen atoms in total. The van der Waals surface area contributed by atoms with Gasteiger partial charge < -0.3 is 108 Å². The van der Waals surface area contributed by atoms with Gasteiger partial charge in [-0.05, 0) is 0 Å². The number of halogens is 5. The van der Waals surface area contributed by atoms with Gasteiger partial charge in [-0.25, -0.2) is 22.5 Å². The number of esters is 1. The topological polar surface area (TPSA) is 391 Å². The number of rotatable bonds is 49. The van der Waals surface area contributed by atoms with E-state index < -0.39 is 134 Å². The van der Waals surface area contributed by atoms with Crippen molar-refractivity contribution in [1.82, 2.24) is 45.5 Å². The highest BCUT2D eigenvalue weighted by molar-refractivity contribution is 5.74. The van der Waals surface area contributed by atoms with Gasteiger partial charge in [0.2, 0.25) is 46.6 Å². The van der Waals surface area contributed by atoms with E-state index in [0.717, 1.165) is 0 Å². The normalized spacial score (nSPS) is 21.7. The molecule has 0 radical (unpaired) electrons. The number of aliphatic hydroxyl groups excluding tert-OH is 6. The maximum absolute atomic E-state index is 13.8. The molecule has 8 N–H and O–H groups in total. The van der Waals surface area contributed by atoms with Gasteiger partial charge in [0.25, 0.3) is 0 Å². The fraction of sp³-hybridized carbons (Fsp3) is 0.764. The van der Waals surface area contributed by atoms with E-state index >= 15 is 0 Å². The Kier molecular flexibility index (Phi) is 36.8. The molecule has 0 unspecified atom stereocenters. The van der Waals surface area contributed by atoms with E-state index in [1.165, 1.54) is 13.8 Å². The highest BCUT2D eigenvalue weighted by Crippen LogP contribution is 2.30. The molecule has 0 aliphatic carbocycles. The number of amides is 2. The van der Waals surface area contributed by atoms with Gasteiger partial charge in [-0.3, -0.25) is 19.3 Å². The van der Waals surface area contributed by atoms with Crippen molar-refractivity contribution >= 4 is 17.8 Å². The first-order valence-electron chi connectivity index (χ1n) is 29.9. The Bertz CT molecular complexity index is 2430. The Labute approximate surface area is 526 Å². The second-order valence-corrected chi connectivity index (χ2v) is 20.5. The van der Waals surface area contributed by atoms with Crippen LogP contribution in [-0.2, 0) is 102 Å². The second-order valence-electron chi connectivity index (χ2n) is 20.5. The van der Waals surface area contributed by atoms with Crippen LogP contribution in [0, 0.1) is 29.1 Å². The number of carbonyl (C=O) groups excluding carboxylic acids is 3. The molecule has 2 aliphatic heterocycles. The number of nitrogens with one attached hydrogen (secondary N) is 2. The molecule has 4 heterocycles. The molecule has 3 aromatic rings. The lowest BCUT2D eigenvalue weighted by molar-refractivity contribution is -0.269. The third-order valence-electron chi connectivity index (χ3n) is 13.6. The van der Waals surface area contributed by atoms with E-state index in [4.69, 9.17) is 61.6 Å². The summed E-state index contributed by atoms with van der Waals surface area (Å²) in [6, 6.07) is -2.11. The molecular weight excluding hydrogens is 1250 g/mol. The van der Waals surface area contributed by atoms with Gasteiger partial charge in [0.05, 0.1) is 176 Å². The van der Waals surface area contributed by atoms with Crippen LogP contribution in [0.1, 0.15) is 31.7 Å². The number of aromatic nitrogens is 6. The van der Waals surface area contributed by atoms with Gasteiger partial charge >= 0.3 is 5.97 Å². The lowest BCUT2D eigenvalue weighted by Gasteiger charge is -2.42. The van der Waals surface area contributed by atoms with Crippen molar-refractivity contribution in [2.75, 3.05) is 165 Å². The third kappa shape index (κ3) is 27.6. The highest BCUT2D eigenvalue weighted by atomic mass is 19.2. The number of hydrogen-bond donors (Lipinski definition) is 8. The first-order valence-corrected chi connectivity index (χ1v) is 29.9. The van der Waals surface area contributed by atoms with Crippen molar-refractivity contribution in [3.8, 4) is 5.75 Å². The largest absolute Gasteiger partial charge is 0.420 e. The fourth-order valence-electron chi connectivity index (χ4n) is 8.76. The summed E-state index contributed by atoms with van der Waals surface area (Å²) in [5.41, 5.74) is 1.20. The summed E-state index contributed by atoms with van der Waals surface area (Å²) in [4.78, 5) is 37.4. The summed E-state index contributed by atoms with van der Waals surface area (Å²) in [6.45, 7) is 8.63. The molecule has 0 saturated carbocycles. The number of ether oxygens (including phenoxy) is 14. The van der Waals surface area contributed by atoms with Crippen molar-refractivity contribution < 1.29 is 133 Å². The third-order valence-corrected chi connectivity index (χ3v) is 13.6. The van der Waals surface area contributed by atoms with E-state index in [2.05, 4.69) is 40.9 Å². The quantitative estimate of drug-likeness (QED) is 0.00686. The molecule has 5 rings (SSSR count). The number of aliphatic hydroxyl groups is 6. The number of carbonyl (C=O) groups is 3. The second kappa shape index (κ2) is 43.7. The van der Waals surface area contributed by atoms with Gasteiger partial charge in [0.15, 0.2) is 12.6 Å². The van der Waals surface area contributed by atoms with E-state index in [1.807, 2.05) is 0 Å². The molecule has 92 heavy (non-hydrogen) atoms. The van der Waals surface area contributed by atoms with Crippen molar-refractivity contribution in [2.45, 2.75) is 107 Å². The van der Waals surface area contributed by atoms with Crippen LogP contribution in [0.3, 0.4) is 0 Å². The van der Waals surface area contributed by atoms with Crippen LogP contribution in [0.2, 0.25) is 0 Å². The Morgan fingerprint density at radius 1 is 0.489 bits per heavy atom. The lowest BCUT2D eigenvalue weighted by Crippen LogP contribution is -2.64. The van der Waals surface area contributed by atoms with Crippen LogP contribution in [0.5, 0.6) is 5.75 Å². The number of nitrogens with zero attached hydrogens (tertiary/aromatic N) is 7. The molecule has 37 heteroatoms. The van der Waals surface area contributed by atoms with E-state index in [0.29, 0.717) is 143 Å². The van der Waals surface area contributed by atoms with Crippen LogP contribution in [0.15, 0.2) is 12.4 Å². The summed E-state index contributed by atoms with van der Waals surface area (Å²) in [5.74, 6) is -15.3. The summed E-state index contributed by atoms with van der Waals surface area (Å²) in [5, 5.41) is 81.8. The standard InChI is InChI=1S/C55H86F5N9O23/c1-35(72)61-47-51(77)49(75)39(33-70)90-54(47)88-12-3-37-31-68(65-63-37)9-17-83-23-29-86-27-21-81-15-7-67(6-14-80-20-26-85-25-19-79-11-5-41(74)92-53-45(59)43(57)42(56)44(58)46(53)60)8-16-82-22-28-87-30-24-84-18-10-69-32-38(64-66-69)4-13-89-55-48(62-36(2)73)52(78)50(76)40(34-71)91-55/h31-32,39-40,47-52,54-55,70-71,75-78H,3-30,33-34H2,1-2H3,(H,61,72)(H,62,73)/t39-,40-,47-,48-,49+,50+,51-,52-,54-,55-/m1/s1. The van der Waals surface area contributed by atoms with Gasteiger partial charge in [-0.1, -0.05) is 10.4 Å². The Balaban J connectivity index is 0.901. The molecule has 1 aromatic carbocycles. The summed E-state index contributed by atoms with van der Waals surface area (Å²) >= 11 is 0. The average molecular weight is 1340 g/mol. The van der Waals surface area contributed by atoms with Gasteiger partial charge in [-0.2, -0.15) is 8.78 Å². The molecule has 2 aliphatic rings. The van der Waals surface area contributed by atoms with Crippen LogP contribution in [0.4, 0.5) is 22.0 Å². The highest BCUT2D eigenvalue weighted by Gasteiger charge is 2.46. The fourth-order valence-corrected chi connectivity index (χ4v) is 8.76. The van der Waals surface area contributed by atoms with Gasteiger partial charge in [0.1, 0.15) is 48.7 Å². The Morgan fingerprint density at radius 2 is 0.826 bits per heavy atom. The minimum atomic E-state index is -2.38. The number of benzene rings is 1. The zero-order valence-electron chi connectivity index (χ0n) is 51.3. The van der Waals surface area contributed by atoms with Gasteiger partial charge in [0, 0.05) is 58.7 Å². The van der Waals surface area contributed by atoms with E-state index in [-0.39, 0.29) is 46.2 Å². The molecule has 2 saturated heterocycles. The maximum atomic E-state index is 13.8. The smallest absolute Gasteiger partial charge is 0.313 e. The molecule has 524 valence electrons. The minimum Gasteiger partial charge on any atom is -0.420 e. The summed E-state index contributed by atoms with van der Waals surface area (Å²) < 4.78 is 149. The summed E-state index contributed by atoms with van der Waals surface area (Å²) in [7, 11) is 0. The van der Waals surface area contributed by atoms with Crippen molar-refractivity contribution in [2.24, 2.45) is 0 Å². The van der Waals surface area contributed by atoms with Crippen molar-refractivity contribution in [3.05, 3.63) is 52.9 Å². The van der Waals surface area contributed by atoms with Gasteiger partial charge in [-0.15, -0.1) is 10.2 Å². The first-order chi connectivity index (χ1) is 44.4. The first kappa shape index (κ1) is 77.5. The van der Waals surface area contributed by atoms with Crippen LogP contribution < -0.4 is 15.4 Å². The molecule has 0 spiro atoms. The van der Waals surface area contributed by atoms with E-state index in [9.17, 15) is 67.0 Å². The number of hydrogen-bond acceptors (Lipinski definition) is 28. The van der Waals surface area contributed by atoms with Crippen LogP contribution in [0.25, 0.3) is 0 Å². The predicted molar refractivity (Wildman–Crippen MR) is 300 cm³/mol.